The van der Waals surface area contributed by atoms with Crippen molar-refractivity contribution in [3.05, 3.63) is 35.4 Å². The highest BCUT2D eigenvalue weighted by Crippen LogP contribution is 2.53. The van der Waals surface area contributed by atoms with Crippen LogP contribution in [0.2, 0.25) is 0 Å². The molecule has 0 N–H and O–H groups in total. The van der Waals surface area contributed by atoms with Crippen LogP contribution in [0.5, 0.6) is 0 Å². The van der Waals surface area contributed by atoms with E-state index in [0.717, 1.165) is 17.9 Å². The van der Waals surface area contributed by atoms with Crippen molar-refractivity contribution < 1.29 is 4.79 Å². The molecule has 1 nitrogen and oxygen atoms in total. The number of rotatable bonds is 3. The number of carbonyl (C=O) groups is 1. The second-order valence-electron chi connectivity index (χ2n) is 6.36. The number of carbonyl (C=O) groups excluding carboxylic acids is 1. The second kappa shape index (κ2) is 3.69. The zero-order valence-corrected chi connectivity index (χ0v) is 10.7. The van der Waals surface area contributed by atoms with Gasteiger partial charge in [-0.25, -0.2) is 0 Å². The number of hydrogen-bond acceptors (Lipinski definition) is 1. The average Bonchev–Trinajstić information content (AvgIpc) is 2.85. The van der Waals surface area contributed by atoms with E-state index < -0.39 is 0 Å². The Labute approximate surface area is 103 Å². The Bertz CT molecular complexity index is 454. The number of benzene rings is 1. The van der Waals surface area contributed by atoms with Crippen molar-refractivity contribution in [3.8, 4) is 0 Å². The van der Waals surface area contributed by atoms with E-state index in [1.165, 1.54) is 24.8 Å². The van der Waals surface area contributed by atoms with Gasteiger partial charge in [-0.15, -0.1) is 0 Å². The smallest absolute Gasteiger partial charge is 0.166 e. The minimum absolute atomic E-state index is 0.240. The van der Waals surface area contributed by atoms with Crippen molar-refractivity contribution in [2.75, 3.05) is 0 Å². The highest BCUT2D eigenvalue weighted by atomic mass is 16.1. The zero-order valence-electron chi connectivity index (χ0n) is 10.7. The summed E-state index contributed by atoms with van der Waals surface area (Å²) >= 11 is 0. The lowest BCUT2D eigenvalue weighted by Crippen LogP contribution is -2.11. The highest BCUT2D eigenvalue weighted by Gasteiger charge is 2.50. The summed E-state index contributed by atoms with van der Waals surface area (Å²) in [6, 6.07) is 8.36. The normalized spacial score (nSPS) is 26.4. The van der Waals surface area contributed by atoms with E-state index in [9.17, 15) is 4.79 Å². The van der Waals surface area contributed by atoms with Crippen molar-refractivity contribution in [1.29, 1.82) is 0 Å². The lowest BCUT2D eigenvalue weighted by Gasteiger charge is -2.26. The van der Waals surface area contributed by atoms with Crippen LogP contribution >= 0.6 is 0 Å². The van der Waals surface area contributed by atoms with Crippen LogP contribution in [0, 0.1) is 11.3 Å². The Hall–Kier alpha value is -1.11. The van der Waals surface area contributed by atoms with Gasteiger partial charge in [0.05, 0.1) is 0 Å². The maximum Gasteiger partial charge on any atom is 0.166 e. The third-order valence-electron chi connectivity index (χ3n) is 4.58. The summed E-state index contributed by atoms with van der Waals surface area (Å²) in [5.74, 6) is 1.34. The van der Waals surface area contributed by atoms with Gasteiger partial charge >= 0.3 is 0 Å². The molecule has 0 amide bonds. The molecule has 2 saturated carbocycles. The van der Waals surface area contributed by atoms with Crippen molar-refractivity contribution in [2.24, 2.45) is 11.3 Å². The molecule has 0 heterocycles. The van der Waals surface area contributed by atoms with Gasteiger partial charge in [-0.2, -0.15) is 0 Å². The predicted octanol–water partition coefficient (Wildman–Crippen LogP) is 4.18. The molecule has 2 aliphatic carbocycles. The summed E-state index contributed by atoms with van der Waals surface area (Å²) in [7, 11) is 0. The number of hydrogen-bond donors (Lipinski definition) is 0. The molecule has 1 heteroatoms. The first-order valence-corrected chi connectivity index (χ1v) is 6.72. The topological polar surface area (TPSA) is 17.1 Å². The lowest BCUT2D eigenvalue weighted by molar-refractivity contribution is 0.0953. The van der Waals surface area contributed by atoms with Crippen LogP contribution in [0.3, 0.4) is 0 Å². The van der Waals surface area contributed by atoms with Crippen molar-refractivity contribution in [3.63, 3.8) is 0 Å². The summed E-state index contributed by atoms with van der Waals surface area (Å²) in [5.41, 5.74) is 2.55. The van der Waals surface area contributed by atoms with Gasteiger partial charge in [0.25, 0.3) is 0 Å². The third kappa shape index (κ3) is 1.92. The van der Waals surface area contributed by atoms with Crippen LogP contribution in [0.1, 0.15) is 61.4 Å². The van der Waals surface area contributed by atoms with Crippen molar-refractivity contribution in [1.82, 2.24) is 0 Å². The first-order chi connectivity index (χ1) is 8.08. The first kappa shape index (κ1) is 11.0. The molecule has 1 atom stereocenters. The monoisotopic (exact) mass is 228 g/mol. The van der Waals surface area contributed by atoms with Gasteiger partial charge < -0.3 is 0 Å². The van der Waals surface area contributed by atoms with Gasteiger partial charge in [0, 0.05) is 11.5 Å². The molecule has 1 unspecified atom stereocenters. The molecule has 0 spiro atoms. The minimum Gasteiger partial charge on any atom is -0.294 e. The molecule has 0 aliphatic heterocycles. The van der Waals surface area contributed by atoms with E-state index in [2.05, 4.69) is 32.0 Å². The summed E-state index contributed by atoms with van der Waals surface area (Å²) in [5, 5.41) is 0. The Morgan fingerprint density at radius 3 is 2.53 bits per heavy atom. The molecule has 2 aliphatic rings. The van der Waals surface area contributed by atoms with Gasteiger partial charge in [0.1, 0.15) is 0 Å². The van der Waals surface area contributed by atoms with Gasteiger partial charge in [0.2, 0.25) is 0 Å². The molecule has 0 aromatic heterocycles. The van der Waals surface area contributed by atoms with E-state index >= 15 is 0 Å². The van der Waals surface area contributed by atoms with Gasteiger partial charge in [-0.1, -0.05) is 38.5 Å². The zero-order chi connectivity index (χ0) is 12.0. The molecule has 2 fully saturated rings. The molecule has 17 heavy (non-hydrogen) atoms. The predicted molar refractivity (Wildman–Crippen MR) is 69.3 cm³/mol. The molecule has 90 valence electrons. The second-order valence-corrected chi connectivity index (χ2v) is 6.36. The lowest BCUT2D eigenvalue weighted by atomic mass is 9.79. The van der Waals surface area contributed by atoms with Crippen LogP contribution in [-0.4, -0.2) is 5.78 Å². The minimum atomic E-state index is 0.240. The highest BCUT2D eigenvalue weighted by molar-refractivity contribution is 6.00. The molecule has 1 aromatic carbocycles. The number of ketones is 1. The van der Waals surface area contributed by atoms with E-state index in [1.54, 1.807) is 0 Å². The molecule has 0 radical (unpaired) electrons. The molecule has 3 rings (SSSR count). The SMILES string of the molecule is CC1(C)CC1C(=O)c1cccc(C2CCC2)c1. The Balaban J connectivity index is 1.81. The average molecular weight is 228 g/mol. The van der Waals surface area contributed by atoms with Crippen LogP contribution in [0.25, 0.3) is 0 Å². The van der Waals surface area contributed by atoms with E-state index in [1.807, 2.05) is 6.07 Å². The fourth-order valence-corrected chi connectivity index (χ4v) is 2.80. The van der Waals surface area contributed by atoms with Crippen LogP contribution < -0.4 is 0 Å². The Morgan fingerprint density at radius 1 is 1.29 bits per heavy atom. The molecular formula is C16H20O. The first-order valence-electron chi connectivity index (χ1n) is 6.72. The van der Waals surface area contributed by atoms with Gasteiger partial charge in [-0.3, -0.25) is 4.79 Å². The van der Waals surface area contributed by atoms with Crippen molar-refractivity contribution in [2.45, 2.75) is 45.4 Å². The molecular weight excluding hydrogens is 208 g/mol. The largest absolute Gasteiger partial charge is 0.294 e. The van der Waals surface area contributed by atoms with Crippen LogP contribution in [0.15, 0.2) is 24.3 Å². The van der Waals surface area contributed by atoms with E-state index in [4.69, 9.17) is 0 Å². The Morgan fingerprint density at radius 2 is 2.00 bits per heavy atom. The summed E-state index contributed by atoms with van der Waals surface area (Å²) in [4.78, 5) is 12.3. The summed E-state index contributed by atoms with van der Waals surface area (Å²) in [6.07, 6.45) is 5.00. The van der Waals surface area contributed by atoms with E-state index in [-0.39, 0.29) is 11.3 Å². The van der Waals surface area contributed by atoms with Crippen molar-refractivity contribution >= 4 is 5.78 Å². The fraction of sp³-hybridized carbons (Fsp3) is 0.562. The molecule has 0 bridgehead atoms. The van der Waals surface area contributed by atoms with E-state index in [0.29, 0.717) is 5.78 Å². The third-order valence-corrected chi connectivity index (χ3v) is 4.58. The maximum atomic E-state index is 12.3. The van der Waals surface area contributed by atoms with Gasteiger partial charge in [-0.05, 0) is 42.2 Å². The standard InChI is InChI=1S/C16H20O/c1-16(2)10-14(16)15(17)13-8-4-7-12(9-13)11-5-3-6-11/h4,7-9,11,14H,3,5-6,10H2,1-2H3. The maximum absolute atomic E-state index is 12.3. The summed E-state index contributed by atoms with van der Waals surface area (Å²) in [6.45, 7) is 4.37. The van der Waals surface area contributed by atoms with Gasteiger partial charge in [0.15, 0.2) is 5.78 Å². The molecule has 1 aromatic rings. The van der Waals surface area contributed by atoms with Crippen LogP contribution in [0.4, 0.5) is 0 Å². The van der Waals surface area contributed by atoms with Crippen LogP contribution in [-0.2, 0) is 0 Å². The summed E-state index contributed by atoms with van der Waals surface area (Å²) < 4.78 is 0. The molecule has 0 saturated heterocycles. The Kier molecular flexibility index (Phi) is 2.39. The quantitative estimate of drug-likeness (QED) is 0.709. The fourth-order valence-electron chi connectivity index (χ4n) is 2.80. The number of Topliss-reactive ketones (excluding diaryl/α,β-unsaturated/α-hetero) is 1.